The van der Waals surface area contributed by atoms with Gasteiger partial charge in [0, 0.05) is 6.42 Å². The largest absolute Gasteiger partial charge is 0.481 e. The lowest BCUT2D eigenvalue weighted by Gasteiger charge is -2.14. The molecule has 4 nitrogen and oxygen atoms in total. The number of hydrogen-bond acceptors (Lipinski definition) is 3. The molecular formula is C21H42O4. The maximum Gasteiger partial charge on any atom is 0.303 e. The van der Waals surface area contributed by atoms with Crippen LogP contribution in [0.25, 0.3) is 0 Å². The fourth-order valence-corrected chi connectivity index (χ4v) is 3.37. The lowest BCUT2D eigenvalue weighted by molar-refractivity contribution is -0.137. The molecule has 4 heteroatoms. The fourth-order valence-electron chi connectivity index (χ4n) is 3.37. The first kappa shape index (κ1) is 24.4. The zero-order valence-electron chi connectivity index (χ0n) is 16.4. The van der Waals surface area contributed by atoms with Crippen LogP contribution in [0, 0.1) is 5.92 Å². The van der Waals surface area contributed by atoms with Crippen LogP contribution >= 0.6 is 0 Å². The Labute approximate surface area is 155 Å². The summed E-state index contributed by atoms with van der Waals surface area (Å²) >= 11 is 0. The van der Waals surface area contributed by atoms with Crippen LogP contribution in [0.15, 0.2) is 0 Å². The van der Waals surface area contributed by atoms with E-state index in [-0.39, 0.29) is 6.61 Å². The standard InChI is InChI=1S/C21H42O4/c1-19(17-20(23)18-22)15-13-11-9-7-5-3-2-4-6-8-10-12-14-16-21(24)25/h19-20,22-23H,2-18H2,1H3,(H,24,25). The Bertz CT molecular complexity index is 294. The van der Waals surface area contributed by atoms with Gasteiger partial charge in [0.2, 0.25) is 0 Å². The van der Waals surface area contributed by atoms with Gasteiger partial charge in [-0.1, -0.05) is 90.4 Å². The topological polar surface area (TPSA) is 77.8 Å². The fraction of sp³-hybridized carbons (Fsp3) is 0.952. The molecule has 0 aliphatic heterocycles. The van der Waals surface area contributed by atoms with Crippen molar-refractivity contribution in [1.82, 2.24) is 0 Å². The third-order valence-corrected chi connectivity index (χ3v) is 4.97. The van der Waals surface area contributed by atoms with Crippen molar-refractivity contribution in [3.63, 3.8) is 0 Å². The number of aliphatic carboxylic acids is 1. The molecule has 0 fully saturated rings. The lowest BCUT2D eigenvalue weighted by atomic mass is 9.96. The summed E-state index contributed by atoms with van der Waals surface area (Å²) in [4.78, 5) is 10.4. The Kier molecular flexibility index (Phi) is 17.7. The second kappa shape index (κ2) is 18.2. The van der Waals surface area contributed by atoms with Crippen LogP contribution in [0.2, 0.25) is 0 Å². The number of aliphatic hydroxyl groups is 2. The summed E-state index contributed by atoms with van der Waals surface area (Å²) in [6.07, 6.45) is 17.8. The number of carbonyl (C=O) groups is 1. The highest BCUT2D eigenvalue weighted by atomic mass is 16.4. The molecule has 3 N–H and O–H groups in total. The molecule has 0 amide bonds. The normalized spacial score (nSPS) is 13.7. The first-order chi connectivity index (χ1) is 12.1. The molecule has 2 atom stereocenters. The number of carboxylic acid groups (broad SMARTS) is 1. The maximum absolute atomic E-state index is 10.4. The molecule has 0 heterocycles. The molecule has 150 valence electrons. The lowest BCUT2D eigenvalue weighted by Crippen LogP contribution is -2.15. The minimum atomic E-state index is -0.671. The van der Waals surface area contributed by atoms with Crippen molar-refractivity contribution in [2.75, 3.05) is 6.61 Å². The van der Waals surface area contributed by atoms with Gasteiger partial charge < -0.3 is 15.3 Å². The van der Waals surface area contributed by atoms with E-state index in [0.717, 1.165) is 25.7 Å². The third-order valence-electron chi connectivity index (χ3n) is 4.97. The highest BCUT2D eigenvalue weighted by molar-refractivity contribution is 5.66. The van der Waals surface area contributed by atoms with Crippen LogP contribution in [0.3, 0.4) is 0 Å². The van der Waals surface area contributed by atoms with Gasteiger partial charge in [-0.3, -0.25) is 4.79 Å². The number of rotatable bonds is 19. The summed E-state index contributed by atoms with van der Waals surface area (Å²) < 4.78 is 0. The van der Waals surface area contributed by atoms with Gasteiger partial charge in [0.05, 0.1) is 12.7 Å². The monoisotopic (exact) mass is 358 g/mol. The number of unbranched alkanes of at least 4 members (excludes halogenated alkanes) is 12. The number of hydrogen-bond donors (Lipinski definition) is 3. The predicted molar refractivity (Wildman–Crippen MR) is 104 cm³/mol. The SMILES string of the molecule is CC(CCCCCCCCCCCCCCCC(=O)O)CC(O)CO. The van der Waals surface area contributed by atoms with Gasteiger partial charge in [-0.05, 0) is 18.8 Å². The van der Waals surface area contributed by atoms with Crippen molar-refractivity contribution in [2.45, 2.75) is 116 Å². The summed E-state index contributed by atoms with van der Waals surface area (Å²) in [5, 5.41) is 26.8. The molecule has 0 spiro atoms. The van der Waals surface area contributed by atoms with Gasteiger partial charge in [0.25, 0.3) is 0 Å². The summed E-state index contributed by atoms with van der Waals surface area (Å²) in [5.74, 6) is -0.165. The number of carboxylic acids is 1. The van der Waals surface area contributed by atoms with E-state index in [1.807, 2.05) is 0 Å². The maximum atomic E-state index is 10.4. The molecule has 0 aromatic rings. The zero-order chi connectivity index (χ0) is 18.8. The van der Waals surface area contributed by atoms with E-state index in [0.29, 0.717) is 12.3 Å². The van der Waals surface area contributed by atoms with Crippen LogP contribution in [0.4, 0.5) is 0 Å². The van der Waals surface area contributed by atoms with Crippen LogP contribution in [0.1, 0.15) is 110 Å². The minimum absolute atomic E-state index is 0.116. The third kappa shape index (κ3) is 19.6. The van der Waals surface area contributed by atoms with E-state index in [2.05, 4.69) is 6.92 Å². The first-order valence-electron chi connectivity index (χ1n) is 10.6. The molecular weight excluding hydrogens is 316 g/mol. The average Bonchev–Trinajstić information content (AvgIpc) is 2.57. The van der Waals surface area contributed by atoms with E-state index in [9.17, 15) is 9.90 Å². The molecule has 0 saturated heterocycles. The molecule has 0 saturated carbocycles. The van der Waals surface area contributed by atoms with Crippen molar-refractivity contribution in [3.8, 4) is 0 Å². The van der Waals surface area contributed by atoms with Gasteiger partial charge in [-0.2, -0.15) is 0 Å². The first-order valence-corrected chi connectivity index (χ1v) is 10.6. The molecule has 0 aliphatic carbocycles. The van der Waals surface area contributed by atoms with Crippen molar-refractivity contribution >= 4 is 5.97 Å². The average molecular weight is 359 g/mol. The summed E-state index contributed by atoms with van der Waals surface area (Å²) in [5.41, 5.74) is 0. The molecule has 0 radical (unpaired) electrons. The minimum Gasteiger partial charge on any atom is -0.481 e. The van der Waals surface area contributed by atoms with Crippen LogP contribution in [-0.2, 0) is 4.79 Å². The Balaban J connectivity index is 3.13. The number of aliphatic hydroxyl groups excluding tert-OH is 2. The smallest absolute Gasteiger partial charge is 0.303 e. The van der Waals surface area contributed by atoms with Crippen molar-refractivity contribution in [2.24, 2.45) is 5.92 Å². The molecule has 0 aromatic heterocycles. The highest BCUT2D eigenvalue weighted by Crippen LogP contribution is 2.17. The quantitative estimate of drug-likeness (QED) is 0.274. The van der Waals surface area contributed by atoms with Crippen LogP contribution in [0.5, 0.6) is 0 Å². The highest BCUT2D eigenvalue weighted by Gasteiger charge is 2.08. The Morgan fingerprint density at radius 3 is 1.56 bits per heavy atom. The predicted octanol–water partition coefficient (Wildman–Crippen LogP) is 5.30. The summed E-state index contributed by atoms with van der Waals surface area (Å²) in [7, 11) is 0. The Hall–Kier alpha value is -0.610. The van der Waals surface area contributed by atoms with Gasteiger partial charge in [-0.25, -0.2) is 0 Å². The van der Waals surface area contributed by atoms with Crippen molar-refractivity contribution < 1.29 is 20.1 Å². The van der Waals surface area contributed by atoms with E-state index in [4.69, 9.17) is 10.2 Å². The van der Waals surface area contributed by atoms with Crippen LogP contribution in [-0.4, -0.2) is 34.0 Å². The van der Waals surface area contributed by atoms with Crippen molar-refractivity contribution in [1.29, 1.82) is 0 Å². The second-order valence-corrected chi connectivity index (χ2v) is 7.71. The molecule has 25 heavy (non-hydrogen) atoms. The summed E-state index contributed by atoms with van der Waals surface area (Å²) in [6.45, 7) is 2.04. The molecule has 2 unspecified atom stereocenters. The van der Waals surface area contributed by atoms with Crippen LogP contribution < -0.4 is 0 Å². The van der Waals surface area contributed by atoms with Gasteiger partial charge in [0.15, 0.2) is 0 Å². The molecule has 0 bridgehead atoms. The zero-order valence-corrected chi connectivity index (χ0v) is 16.4. The van der Waals surface area contributed by atoms with E-state index in [1.54, 1.807) is 0 Å². The molecule has 0 rings (SSSR count). The van der Waals surface area contributed by atoms with E-state index >= 15 is 0 Å². The van der Waals surface area contributed by atoms with E-state index in [1.165, 1.54) is 70.6 Å². The van der Waals surface area contributed by atoms with E-state index < -0.39 is 12.1 Å². The Morgan fingerprint density at radius 2 is 1.16 bits per heavy atom. The van der Waals surface area contributed by atoms with Gasteiger partial charge >= 0.3 is 5.97 Å². The van der Waals surface area contributed by atoms with Crippen molar-refractivity contribution in [3.05, 3.63) is 0 Å². The van der Waals surface area contributed by atoms with Gasteiger partial charge in [0.1, 0.15) is 0 Å². The molecule has 0 aliphatic rings. The Morgan fingerprint density at radius 1 is 0.760 bits per heavy atom. The van der Waals surface area contributed by atoms with Gasteiger partial charge in [-0.15, -0.1) is 0 Å². The second-order valence-electron chi connectivity index (χ2n) is 7.71. The molecule has 0 aromatic carbocycles. The summed E-state index contributed by atoms with van der Waals surface area (Å²) in [6, 6.07) is 0.